The van der Waals surface area contributed by atoms with Gasteiger partial charge in [-0.05, 0) is 64.4 Å². The number of benzene rings is 1. The fraction of sp³-hybridized carbons (Fsp3) is 0.240. The van der Waals surface area contributed by atoms with Crippen LogP contribution in [0.15, 0.2) is 46.9 Å². The predicted octanol–water partition coefficient (Wildman–Crippen LogP) is 6.30. The number of thiophene rings is 1. The number of esters is 1. The molecule has 6 nitrogen and oxygen atoms in total. The molecule has 0 fully saturated rings. The van der Waals surface area contributed by atoms with Gasteiger partial charge in [0, 0.05) is 10.3 Å². The number of carbonyl (C=O) groups is 2. The third-order valence-corrected chi connectivity index (χ3v) is 6.24. The number of hydrogen-bond acceptors (Lipinski definition) is 6. The number of nitrogens with zero attached hydrogens (tertiary/aromatic N) is 1. The molecule has 0 bridgehead atoms. The van der Waals surface area contributed by atoms with Gasteiger partial charge >= 0.3 is 5.97 Å². The van der Waals surface area contributed by atoms with Crippen molar-refractivity contribution in [3.05, 3.63) is 69.8 Å². The van der Waals surface area contributed by atoms with Crippen LogP contribution in [0, 0.1) is 20.8 Å². The van der Waals surface area contributed by atoms with E-state index in [1.54, 1.807) is 19.9 Å². The van der Waals surface area contributed by atoms with Gasteiger partial charge < -0.3 is 14.5 Å². The summed E-state index contributed by atoms with van der Waals surface area (Å²) in [6.07, 6.45) is -0.255. The zero-order chi connectivity index (χ0) is 23.0. The standard InChI is InChI=1S/C25H24N2O4S/c1-13(2)30-25(29)22-15(4)16(5)32-24(22)27-23(28)18-12-20(21-11-10-14(3)31-21)26-19-9-7-6-8-17(18)19/h6-13H,1-5H3,(H,27,28). The lowest BCUT2D eigenvalue weighted by Crippen LogP contribution is -2.17. The number of pyridine rings is 1. The third kappa shape index (κ3) is 4.16. The summed E-state index contributed by atoms with van der Waals surface area (Å²) in [5.41, 5.74) is 2.91. The lowest BCUT2D eigenvalue weighted by Gasteiger charge is -2.12. The van der Waals surface area contributed by atoms with Gasteiger partial charge in [-0.3, -0.25) is 4.79 Å². The molecule has 4 rings (SSSR count). The lowest BCUT2D eigenvalue weighted by atomic mass is 10.1. The Kier molecular flexibility index (Phi) is 5.84. The number of carbonyl (C=O) groups excluding carboxylic acids is 2. The van der Waals surface area contributed by atoms with Crippen molar-refractivity contribution >= 4 is 39.1 Å². The highest BCUT2D eigenvalue weighted by Gasteiger charge is 2.24. The van der Waals surface area contributed by atoms with E-state index in [9.17, 15) is 9.59 Å². The van der Waals surface area contributed by atoms with E-state index in [2.05, 4.69) is 10.3 Å². The molecule has 0 saturated heterocycles. The first-order valence-electron chi connectivity index (χ1n) is 10.3. The summed E-state index contributed by atoms with van der Waals surface area (Å²) >= 11 is 1.36. The van der Waals surface area contributed by atoms with Gasteiger partial charge in [0.1, 0.15) is 16.5 Å². The van der Waals surface area contributed by atoms with Gasteiger partial charge in [0.2, 0.25) is 0 Å². The Bertz CT molecular complexity index is 1330. The van der Waals surface area contributed by atoms with Crippen LogP contribution in [0.3, 0.4) is 0 Å². The first-order chi connectivity index (χ1) is 15.2. The summed E-state index contributed by atoms with van der Waals surface area (Å²) < 4.78 is 11.1. The van der Waals surface area contributed by atoms with Gasteiger partial charge in [-0.25, -0.2) is 9.78 Å². The third-order valence-electron chi connectivity index (χ3n) is 5.11. The van der Waals surface area contributed by atoms with Crippen LogP contribution < -0.4 is 5.32 Å². The molecule has 0 aliphatic carbocycles. The summed E-state index contributed by atoms with van der Waals surface area (Å²) in [6.45, 7) is 9.23. The quantitative estimate of drug-likeness (QED) is 0.362. The number of fused-ring (bicyclic) bond motifs is 1. The number of para-hydroxylation sites is 1. The van der Waals surface area contributed by atoms with E-state index < -0.39 is 5.97 Å². The molecule has 7 heteroatoms. The fourth-order valence-electron chi connectivity index (χ4n) is 3.47. The summed E-state index contributed by atoms with van der Waals surface area (Å²) in [5, 5.41) is 4.13. The van der Waals surface area contributed by atoms with Gasteiger partial charge in [-0.15, -0.1) is 11.3 Å². The van der Waals surface area contributed by atoms with E-state index in [0.29, 0.717) is 38.5 Å². The van der Waals surface area contributed by atoms with E-state index in [4.69, 9.17) is 9.15 Å². The van der Waals surface area contributed by atoms with E-state index in [1.165, 1.54) is 11.3 Å². The number of anilines is 1. The Labute approximate surface area is 190 Å². The molecule has 32 heavy (non-hydrogen) atoms. The number of furan rings is 1. The SMILES string of the molecule is Cc1ccc(-c2cc(C(=O)Nc3sc(C)c(C)c3C(=O)OC(C)C)c3ccccc3n2)o1. The Balaban J connectivity index is 1.77. The topological polar surface area (TPSA) is 81.4 Å². The van der Waals surface area contributed by atoms with Crippen molar-refractivity contribution in [2.45, 2.75) is 40.7 Å². The molecular weight excluding hydrogens is 424 g/mol. The second-order valence-corrected chi connectivity index (χ2v) is 9.10. The van der Waals surface area contributed by atoms with Crippen LogP contribution in [0.5, 0.6) is 0 Å². The molecule has 0 radical (unpaired) electrons. The number of hydrogen-bond donors (Lipinski definition) is 1. The molecule has 1 aromatic carbocycles. The zero-order valence-corrected chi connectivity index (χ0v) is 19.4. The monoisotopic (exact) mass is 448 g/mol. The van der Waals surface area contributed by atoms with Crippen LogP contribution in [-0.2, 0) is 4.74 Å². The highest BCUT2D eigenvalue weighted by atomic mass is 32.1. The maximum Gasteiger partial charge on any atom is 0.341 e. The van der Waals surface area contributed by atoms with E-state index in [0.717, 1.165) is 16.2 Å². The van der Waals surface area contributed by atoms with Gasteiger partial charge in [0.05, 0.1) is 22.7 Å². The minimum absolute atomic E-state index is 0.255. The van der Waals surface area contributed by atoms with Crippen molar-refractivity contribution in [2.24, 2.45) is 0 Å². The van der Waals surface area contributed by atoms with Crippen LogP contribution in [-0.4, -0.2) is 23.0 Å². The number of aromatic nitrogens is 1. The van der Waals surface area contributed by atoms with Crippen molar-refractivity contribution in [1.82, 2.24) is 4.98 Å². The van der Waals surface area contributed by atoms with Crippen LogP contribution >= 0.6 is 11.3 Å². The number of nitrogens with one attached hydrogen (secondary N) is 1. The summed E-state index contributed by atoms with van der Waals surface area (Å²) in [5.74, 6) is 0.585. The molecule has 0 aliphatic heterocycles. The number of aryl methyl sites for hydroxylation is 2. The molecule has 4 aromatic rings. The maximum absolute atomic E-state index is 13.4. The Morgan fingerprint density at radius 1 is 1.09 bits per heavy atom. The molecule has 164 valence electrons. The Morgan fingerprint density at radius 3 is 2.53 bits per heavy atom. The maximum atomic E-state index is 13.4. The molecule has 0 atom stereocenters. The van der Waals surface area contributed by atoms with Crippen molar-refractivity contribution in [1.29, 1.82) is 0 Å². The van der Waals surface area contributed by atoms with E-state index in [1.807, 2.05) is 57.2 Å². The molecule has 1 amide bonds. The molecule has 3 heterocycles. The summed E-state index contributed by atoms with van der Waals surface area (Å²) in [7, 11) is 0. The van der Waals surface area contributed by atoms with Crippen LogP contribution in [0.1, 0.15) is 50.8 Å². The van der Waals surface area contributed by atoms with E-state index in [-0.39, 0.29) is 12.0 Å². The average Bonchev–Trinajstić information content (AvgIpc) is 3.29. The predicted molar refractivity (Wildman–Crippen MR) is 126 cm³/mol. The van der Waals surface area contributed by atoms with Crippen LogP contribution in [0.4, 0.5) is 5.00 Å². The number of ether oxygens (including phenoxy) is 1. The first kappa shape index (κ1) is 21.8. The highest BCUT2D eigenvalue weighted by Crippen LogP contribution is 2.34. The average molecular weight is 449 g/mol. The number of rotatable bonds is 5. The second-order valence-electron chi connectivity index (χ2n) is 7.88. The van der Waals surface area contributed by atoms with Gasteiger partial charge in [0.15, 0.2) is 5.76 Å². The Morgan fingerprint density at radius 2 is 1.84 bits per heavy atom. The van der Waals surface area contributed by atoms with E-state index >= 15 is 0 Å². The molecule has 0 saturated carbocycles. The normalized spacial score (nSPS) is 11.2. The Hall–Kier alpha value is -3.45. The van der Waals surface area contributed by atoms with Crippen LogP contribution in [0.2, 0.25) is 0 Å². The molecule has 1 N–H and O–H groups in total. The van der Waals surface area contributed by atoms with Gasteiger partial charge in [0.25, 0.3) is 5.91 Å². The van der Waals surface area contributed by atoms with Crippen molar-refractivity contribution in [2.75, 3.05) is 5.32 Å². The minimum atomic E-state index is -0.441. The van der Waals surface area contributed by atoms with Gasteiger partial charge in [-0.1, -0.05) is 18.2 Å². The van der Waals surface area contributed by atoms with Crippen molar-refractivity contribution in [3.63, 3.8) is 0 Å². The zero-order valence-electron chi connectivity index (χ0n) is 18.6. The highest BCUT2D eigenvalue weighted by molar-refractivity contribution is 7.16. The summed E-state index contributed by atoms with van der Waals surface area (Å²) in [6, 6.07) is 12.9. The fourth-order valence-corrected chi connectivity index (χ4v) is 4.51. The molecule has 3 aromatic heterocycles. The molecule has 0 aliphatic rings. The second kappa shape index (κ2) is 8.59. The minimum Gasteiger partial charge on any atom is -0.460 e. The summed E-state index contributed by atoms with van der Waals surface area (Å²) in [4.78, 5) is 31.7. The molecular formula is C25H24N2O4S. The lowest BCUT2D eigenvalue weighted by molar-refractivity contribution is 0.0379. The van der Waals surface area contributed by atoms with Gasteiger partial charge in [-0.2, -0.15) is 0 Å². The smallest absolute Gasteiger partial charge is 0.341 e. The molecule has 0 spiro atoms. The number of amides is 1. The van der Waals surface area contributed by atoms with Crippen molar-refractivity contribution in [3.8, 4) is 11.5 Å². The van der Waals surface area contributed by atoms with Crippen molar-refractivity contribution < 1.29 is 18.7 Å². The van der Waals surface area contributed by atoms with Crippen LogP contribution in [0.25, 0.3) is 22.4 Å². The first-order valence-corrected chi connectivity index (χ1v) is 11.1. The molecule has 0 unspecified atom stereocenters. The largest absolute Gasteiger partial charge is 0.460 e.